The first-order chi connectivity index (χ1) is 4.34. The van der Waals surface area contributed by atoms with E-state index >= 15 is 0 Å². The molecule has 1 aliphatic carbocycles. The first-order valence-corrected chi connectivity index (χ1v) is 3.25. The van der Waals surface area contributed by atoms with Gasteiger partial charge in [0.2, 0.25) is 0 Å². The van der Waals surface area contributed by atoms with Crippen LogP contribution in [0, 0.1) is 0 Å². The number of nitrogens with one attached hydrogen (secondary N) is 1. The van der Waals surface area contributed by atoms with Gasteiger partial charge in [0.05, 0.1) is 5.70 Å². The molecule has 1 rings (SSSR count). The van der Waals surface area contributed by atoms with Crippen molar-refractivity contribution in [2.75, 3.05) is 7.05 Å². The van der Waals surface area contributed by atoms with Crippen molar-refractivity contribution in [2.45, 2.75) is 19.3 Å². The number of carbonyl (C=O) groups excluding carboxylic acids is 1. The van der Waals surface area contributed by atoms with E-state index in [0.29, 0.717) is 6.42 Å². The Balaban J connectivity index is 2.64. The molecule has 0 radical (unpaired) electrons. The Kier molecular flexibility index (Phi) is 1.88. The van der Waals surface area contributed by atoms with E-state index in [4.69, 9.17) is 0 Å². The highest BCUT2D eigenvalue weighted by Gasteiger charge is 2.10. The van der Waals surface area contributed by atoms with Gasteiger partial charge in [0, 0.05) is 13.5 Å². The zero-order valence-electron chi connectivity index (χ0n) is 5.61. The number of hydrogen-bond donors (Lipinski definition) is 1. The highest BCUT2D eigenvalue weighted by molar-refractivity contribution is 5.95. The van der Waals surface area contributed by atoms with Crippen LogP contribution in [0.5, 0.6) is 0 Å². The average molecular weight is 125 g/mol. The SMILES string of the molecule is CNC1=CCCCC1=O. The minimum atomic E-state index is 0.253. The lowest BCUT2D eigenvalue weighted by atomic mass is 10.0. The molecular weight excluding hydrogens is 114 g/mol. The van der Waals surface area contributed by atoms with Crippen molar-refractivity contribution in [1.82, 2.24) is 5.32 Å². The number of Topliss-reactive ketones (excluding diaryl/α,β-unsaturated/α-hetero) is 1. The van der Waals surface area contributed by atoms with Crippen molar-refractivity contribution < 1.29 is 4.79 Å². The highest BCUT2D eigenvalue weighted by Crippen LogP contribution is 2.10. The molecule has 0 aromatic carbocycles. The number of carbonyl (C=O) groups is 1. The molecule has 0 fully saturated rings. The second-order valence-corrected chi connectivity index (χ2v) is 2.18. The van der Waals surface area contributed by atoms with E-state index < -0.39 is 0 Å². The number of rotatable bonds is 1. The third-order valence-electron chi connectivity index (χ3n) is 1.53. The normalized spacial score (nSPS) is 19.2. The van der Waals surface area contributed by atoms with Crippen LogP contribution in [0.4, 0.5) is 0 Å². The maximum atomic E-state index is 10.9. The first-order valence-electron chi connectivity index (χ1n) is 3.25. The van der Waals surface area contributed by atoms with E-state index in [1.807, 2.05) is 6.08 Å². The second-order valence-electron chi connectivity index (χ2n) is 2.18. The Morgan fingerprint density at radius 1 is 1.67 bits per heavy atom. The van der Waals surface area contributed by atoms with Crippen LogP contribution in [0.25, 0.3) is 0 Å². The minimum absolute atomic E-state index is 0.253. The summed E-state index contributed by atoms with van der Waals surface area (Å²) in [7, 11) is 1.79. The van der Waals surface area contributed by atoms with Gasteiger partial charge in [-0.15, -0.1) is 0 Å². The van der Waals surface area contributed by atoms with Gasteiger partial charge < -0.3 is 5.32 Å². The van der Waals surface area contributed by atoms with Gasteiger partial charge in [-0.2, -0.15) is 0 Å². The summed E-state index contributed by atoms with van der Waals surface area (Å²) >= 11 is 0. The number of hydrogen-bond acceptors (Lipinski definition) is 2. The summed E-state index contributed by atoms with van der Waals surface area (Å²) in [5.74, 6) is 0.253. The van der Waals surface area contributed by atoms with E-state index in [1.165, 1.54) is 0 Å². The van der Waals surface area contributed by atoms with Crippen LogP contribution in [0.1, 0.15) is 19.3 Å². The molecule has 0 saturated carbocycles. The second kappa shape index (κ2) is 2.67. The summed E-state index contributed by atoms with van der Waals surface area (Å²) in [6, 6.07) is 0. The zero-order valence-corrected chi connectivity index (χ0v) is 5.61. The lowest BCUT2D eigenvalue weighted by Crippen LogP contribution is -2.18. The van der Waals surface area contributed by atoms with Crippen molar-refractivity contribution in [3.8, 4) is 0 Å². The van der Waals surface area contributed by atoms with Crippen LogP contribution in [0.3, 0.4) is 0 Å². The third kappa shape index (κ3) is 1.31. The fourth-order valence-corrected chi connectivity index (χ4v) is 0.999. The topological polar surface area (TPSA) is 29.1 Å². The lowest BCUT2D eigenvalue weighted by Gasteiger charge is -2.09. The summed E-state index contributed by atoms with van der Waals surface area (Å²) in [4.78, 5) is 10.9. The summed E-state index contributed by atoms with van der Waals surface area (Å²) < 4.78 is 0. The number of ketones is 1. The molecular formula is C7H11NO. The fourth-order valence-electron chi connectivity index (χ4n) is 0.999. The fraction of sp³-hybridized carbons (Fsp3) is 0.571. The summed E-state index contributed by atoms with van der Waals surface area (Å²) in [6.07, 6.45) is 4.74. The number of likely N-dealkylation sites (N-methyl/N-ethyl adjacent to an activating group) is 1. The zero-order chi connectivity index (χ0) is 6.69. The molecule has 0 unspecified atom stereocenters. The van der Waals surface area contributed by atoms with Gasteiger partial charge in [-0.25, -0.2) is 0 Å². The van der Waals surface area contributed by atoms with E-state index in [2.05, 4.69) is 5.32 Å². The van der Waals surface area contributed by atoms with Crippen molar-refractivity contribution in [1.29, 1.82) is 0 Å². The van der Waals surface area contributed by atoms with E-state index in [0.717, 1.165) is 18.5 Å². The van der Waals surface area contributed by atoms with Gasteiger partial charge in [-0.05, 0) is 12.8 Å². The van der Waals surface area contributed by atoms with Crippen molar-refractivity contribution >= 4 is 5.78 Å². The Hall–Kier alpha value is -0.790. The average Bonchev–Trinajstić information content (AvgIpc) is 1.89. The van der Waals surface area contributed by atoms with Crippen molar-refractivity contribution in [3.05, 3.63) is 11.8 Å². The maximum Gasteiger partial charge on any atom is 0.178 e. The van der Waals surface area contributed by atoms with Gasteiger partial charge in [0.25, 0.3) is 0 Å². The molecule has 0 aromatic heterocycles. The molecule has 0 aliphatic heterocycles. The van der Waals surface area contributed by atoms with Gasteiger partial charge in [0.1, 0.15) is 0 Å². The molecule has 50 valence electrons. The molecule has 0 bridgehead atoms. The molecule has 0 saturated heterocycles. The van der Waals surface area contributed by atoms with Gasteiger partial charge in [-0.3, -0.25) is 4.79 Å². The lowest BCUT2D eigenvalue weighted by molar-refractivity contribution is -0.116. The molecule has 0 atom stereocenters. The quantitative estimate of drug-likeness (QED) is 0.562. The molecule has 1 N–H and O–H groups in total. The number of allylic oxidation sites excluding steroid dienone is 2. The van der Waals surface area contributed by atoms with E-state index in [1.54, 1.807) is 7.05 Å². The van der Waals surface area contributed by atoms with Crippen LogP contribution >= 0.6 is 0 Å². The molecule has 2 heteroatoms. The Bertz CT molecular complexity index is 149. The smallest absolute Gasteiger partial charge is 0.178 e. The monoisotopic (exact) mass is 125 g/mol. The minimum Gasteiger partial charge on any atom is -0.386 e. The molecule has 0 amide bonds. The molecule has 0 aromatic rings. The van der Waals surface area contributed by atoms with Crippen LogP contribution in [0.2, 0.25) is 0 Å². The van der Waals surface area contributed by atoms with Gasteiger partial charge >= 0.3 is 0 Å². The maximum absolute atomic E-state index is 10.9. The molecule has 9 heavy (non-hydrogen) atoms. The van der Waals surface area contributed by atoms with Crippen LogP contribution < -0.4 is 5.32 Å². The predicted molar refractivity (Wildman–Crippen MR) is 36.0 cm³/mol. The summed E-state index contributed by atoms with van der Waals surface area (Å²) in [6.45, 7) is 0. The largest absolute Gasteiger partial charge is 0.386 e. The predicted octanol–water partition coefficient (Wildman–Crippen LogP) is 0.843. The Morgan fingerprint density at radius 2 is 2.44 bits per heavy atom. The molecule has 2 nitrogen and oxygen atoms in total. The van der Waals surface area contributed by atoms with E-state index in [9.17, 15) is 4.79 Å². The van der Waals surface area contributed by atoms with Gasteiger partial charge in [-0.1, -0.05) is 6.08 Å². The van der Waals surface area contributed by atoms with Crippen molar-refractivity contribution in [3.63, 3.8) is 0 Å². The summed E-state index contributed by atoms with van der Waals surface area (Å²) in [5, 5.41) is 2.87. The highest BCUT2D eigenvalue weighted by atomic mass is 16.1. The Morgan fingerprint density at radius 3 is 2.89 bits per heavy atom. The van der Waals surface area contributed by atoms with Gasteiger partial charge in [0.15, 0.2) is 5.78 Å². The van der Waals surface area contributed by atoms with E-state index in [-0.39, 0.29) is 5.78 Å². The standard InChI is InChI=1S/C7H11NO/c1-8-6-4-2-3-5-7(6)9/h4,8H,2-3,5H2,1H3. The van der Waals surface area contributed by atoms with Crippen LogP contribution in [-0.2, 0) is 4.79 Å². The third-order valence-corrected chi connectivity index (χ3v) is 1.53. The van der Waals surface area contributed by atoms with Crippen LogP contribution in [0.15, 0.2) is 11.8 Å². The van der Waals surface area contributed by atoms with Crippen molar-refractivity contribution in [2.24, 2.45) is 0 Å². The molecule has 0 spiro atoms. The molecule has 0 heterocycles. The first kappa shape index (κ1) is 6.33. The summed E-state index contributed by atoms with van der Waals surface area (Å²) in [5.41, 5.74) is 0.793. The van der Waals surface area contributed by atoms with Crippen LogP contribution in [-0.4, -0.2) is 12.8 Å². The Labute approximate surface area is 54.9 Å². The molecule has 1 aliphatic rings.